The Morgan fingerprint density at radius 3 is 2.86 bits per heavy atom. The molecule has 0 saturated heterocycles. The molecule has 0 aliphatic carbocycles. The van der Waals surface area contributed by atoms with E-state index in [1.165, 1.54) is 0 Å². The summed E-state index contributed by atoms with van der Waals surface area (Å²) in [6, 6.07) is 5.60. The van der Waals surface area contributed by atoms with E-state index < -0.39 is 0 Å². The van der Waals surface area contributed by atoms with Crippen molar-refractivity contribution >= 4 is 0 Å². The van der Waals surface area contributed by atoms with Crippen LogP contribution in [0.5, 0.6) is 11.5 Å². The highest BCUT2D eigenvalue weighted by molar-refractivity contribution is 5.42. The summed E-state index contributed by atoms with van der Waals surface area (Å²) in [5.74, 6) is 1.02. The summed E-state index contributed by atoms with van der Waals surface area (Å²) in [6.07, 6.45) is 0. The monoisotopic (exact) mass is 195 g/mol. The first-order valence-electron chi connectivity index (χ1n) is 4.73. The molecular weight excluding hydrogens is 178 g/mol. The van der Waals surface area contributed by atoms with Crippen molar-refractivity contribution in [1.29, 1.82) is 0 Å². The van der Waals surface area contributed by atoms with Crippen molar-refractivity contribution in [2.75, 3.05) is 13.7 Å². The summed E-state index contributed by atoms with van der Waals surface area (Å²) in [7, 11) is 1.89. The van der Waals surface area contributed by atoms with Gasteiger partial charge < -0.3 is 15.2 Å². The zero-order chi connectivity index (χ0) is 10.6. The lowest BCUT2D eigenvalue weighted by Gasteiger charge is -2.14. The molecule has 0 aromatic heterocycles. The molecule has 78 valence electrons. The minimum absolute atomic E-state index is 0.277. The number of phenols is 1. The molecule has 1 aromatic rings. The average molecular weight is 195 g/mol. The smallest absolute Gasteiger partial charge is 0.125 e. The molecule has 0 saturated carbocycles. The van der Waals surface area contributed by atoms with Gasteiger partial charge in [0.1, 0.15) is 18.1 Å². The zero-order valence-electron chi connectivity index (χ0n) is 8.87. The number of rotatable bonds is 4. The highest BCUT2D eigenvalue weighted by atomic mass is 16.5. The van der Waals surface area contributed by atoms with Crippen molar-refractivity contribution in [3.8, 4) is 11.5 Å². The van der Waals surface area contributed by atoms with Crippen molar-refractivity contribution in [1.82, 2.24) is 5.32 Å². The van der Waals surface area contributed by atoms with Crippen LogP contribution in [-0.2, 0) is 0 Å². The maximum absolute atomic E-state index is 9.43. The molecule has 0 aliphatic rings. The maximum atomic E-state index is 9.43. The fraction of sp³-hybridized carbons (Fsp3) is 0.455. The molecule has 0 aliphatic heterocycles. The molecule has 1 unspecified atom stereocenters. The minimum atomic E-state index is 0.277. The Labute approximate surface area is 84.7 Å². The molecule has 0 fully saturated rings. The van der Waals surface area contributed by atoms with Gasteiger partial charge in [0, 0.05) is 11.6 Å². The molecule has 0 spiro atoms. The molecule has 1 rings (SSSR count). The second kappa shape index (κ2) is 4.86. The van der Waals surface area contributed by atoms with E-state index in [4.69, 9.17) is 4.74 Å². The average Bonchev–Trinajstić information content (AvgIpc) is 2.20. The van der Waals surface area contributed by atoms with Crippen molar-refractivity contribution in [3.63, 3.8) is 0 Å². The second-order valence-electron chi connectivity index (χ2n) is 3.40. The molecule has 3 heteroatoms. The summed E-state index contributed by atoms with van der Waals surface area (Å²) in [5.41, 5.74) is 0.788. The maximum Gasteiger partial charge on any atom is 0.125 e. The van der Waals surface area contributed by atoms with E-state index in [-0.39, 0.29) is 5.75 Å². The predicted octanol–water partition coefficient (Wildman–Crippen LogP) is 1.69. The molecule has 2 N–H and O–H groups in total. The van der Waals surface area contributed by atoms with Gasteiger partial charge in [-0.1, -0.05) is 6.07 Å². The second-order valence-corrected chi connectivity index (χ2v) is 3.40. The van der Waals surface area contributed by atoms with E-state index in [0.717, 1.165) is 11.3 Å². The van der Waals surface area contributed by atoms with E-state index >= 15 is 0 Å². The number of hydrogen-bond acceptors (Lipinski definition) is 3. The SMILES string of the molecule is CNC(C)COc1cccc(O)c1C. The van der Waals surface area contributed by atoms with E-state index in [9.17, 15) is 5.11 Å². The Morgan fingerprint density at radius 2 is 2.21 bits per heavy atom. The van der Waals surface area contributed by atoms with Crippen LogP contribution in [-0.4, -0.2) is 24.8 Å². The number of nitrogens with one attached hydrogen (secondary N) is 1. The van der Waals surface area contributed by atoms with Gasteiger partial charge in [-0.15, -0.1) is 0 Å². The first-order valence-corrected chi connectivity index (χ1v) is 4.73. The van der Waals surface area contributed by atoms with Gasteiger partial charge in [-0.05, 0) is 33.0 Å². The highest BCUT2D eigenvalue weighted by Gasteiger charge is 2.05. The normalized spacial score (nSPS) is 12.5. The van der Waals surface area contributed by atoms with Gasteiger partial charge in [0.2, 0.25) is 0 Å². The van der Waals surface area contributed by atoms with Crippen LogP contribution in [0, 0.1) is 6.92 Å². The number of ether oxygens (including phenoxy) is 1. The largest absolute Gasteiger partial charge is 0.508 e. The highest BCUT2D eigenvalue weighted by Crippen LogP contribution is 2.25. The molecule has 1 atom stereocenters. The third-order valence-electron chi connectivity index (χ3n) is 2.24. The molecule has 1 aromatic carbocycles. The van der Waals surface area contributed by atoms with E-state index in [2.05, 4.69) is 5.32 Å². The third kappa shape index (κ3) is 2.64. The lowest BCUT2D eigenvalue weighted by atomic mass is 10.2. The van der Waals surface area contributed by atoms with Crippen LogP contribution in [0.1, 0.15) is 12.5 Å². The van der Waals surface area contributed by atoms with Crippen molar-refractivity contribution in [2.24, 2.45) is 0 Å². The first kappa shape index (κ1) is 10.9. The van der Waals surface area contributed by atoms with Crippen LogP contribution in [0.3, 0.4) is 0 Å². The summed E-state index contributed by atoms with van der Waals surface area (Å²) >= 11 is 0. The lowest BCUT2D eigenvalue weighted by Crippen LogP contribution is -2.28. The van der Waals surface area contributed by atoms with Crippen LogP contribution in [0.2, 0.25) is 0 Å². The minimum Gasteiger partial charge on any atom is -0.508 e. The number of benzene rings is 1. The summed E-state index contributed by atoms with van der Waals surface area (Å²) in [5, 5.41) is 12.5. The third-order valence-corrected chi connectivity index (χ3v) is 2.24. The number of phenolic OH excluding ortho intramolecular Hbond substituents is 1. The lowest BCUT2D eigenvalue weighted by molar-refractivity contribution is 0.277. The van der Waals surface area contributed by atoms with Gasteiger partial charge in [-0.25, -0.2) is 0 Å². The fourth-order valence-corrected chi connectivity index (χ4v) is 1.06. The number of likely N-dealkylation sites (N-methyl/N-ethyl adjacent to an activating group) is 1. The molecule has 3 nitrogen and oxygen atoms in total. The predicted molar refractivity (Wildman–Crippen MR) is 56.9 cm³/mol. The van der Waals surface area contributed by atoms with E-state index in [1.54, 1.807) is 12.1 Å². The molecular formula is C11H17NO2. The number of hydrogen-bond donors (Lipinski definition) is 2. The standard InChI is InChI=1S/C11H17NO2/c1-8(12-3)7-14-11-6-4-5-10(13)9(11)2/h4-6,8,12-13H,7H2,1-3H3. The van der Waals surface area contributed by atoms with Crippen LogP contribution >= 0.6 is 0 Å². The van der Waals surface area contributed by atoms with E-state index in [1.807, 2.05) is 27.0 Å². The summed E-state index contributed by atoms with van der Waals surface area (Å²) < 4.78 is 5.55. The Bertz CT molecular complexity index is 299. The molecule has 0 bridgehead atoms. The van der Waals surface area contributed by atoms with Crippen molar-refractivity contribution in [2.45, 2.75) is 19.9 Å². The molecule has 0 amide bonds. The Kier molecular flexibility index (Phi) is 3.77. The summed E-state index contributed by atoms with van der Waals surface area (Å²) in [6.45, 7) is 4.48. The van der Waals surface area contributed by atoms with Crippen LogP contribution in [0.4, 0.5) is 0 Å². The Balaban J connectivity index is 2.63. The molecule has 0 heterocycles. The Hall–Kier alpha value is -1.22. The van der Waals surface area contributed by atoms with Crippen LogP contribution in [0.25, 0.3) is 0 Å². The van der Waals surface area contributed by atoms with Gasteiger partial charge in [0.05, 0.1) is 0 Å². The summed E-state index contributed by atoms with van der Waals surface area (Å²) in [4.78, 5) is 0. The number of aromatic hydroxyl groups is 1. The van der Waals surface area contributed by atoms with Gasteiger partial charge in [0.15, 0.2) is 0 Å². The quantitative estimate of drug-likeness (QED) is 0.768. The van der Waals surface area contributed by atoms with Crippen LogP contribution in [0.15, 0.2) is 18.2 Å². The van der Waals surface area contributed by atoms with Gasteiger partial charge >= 0.3 is 0 Å². The van der Waals surface area contributed by atoms with Crippen molar-refractivity contribution < 1.29 is 9.84 Å². The van der Waals surface area contributed by atoms with Crippen molar-refractivity contribution in [3.05, 3.63) is 23.8 Å². The first-order chi connectivity index (χ1) is 6.65. The van der Waals surface area contributed by atoms with Gasteiger partial charge in [-0.2, -0.15) is 0 Å². The Morgan fingerprint density at radius 1 is 1.50 bits per heavy atom. The van der Waals surface area contributed by atoms with E-state index in [0.29, 0.717) is 12.6 Å². The fourth-order valence-electron chi connectivity index (χ4n) is 1.06. The topological polar surface area (TPSA) is 41.5 Å². The van der Waals surface area contributed by atoms with Crippen LogP contribution < -0.4 is 10.1 Å². The molecule has 14 heavy (non-hydrogen) atoms. The molecule has 0 radical (unpaired) electrons. The van der Waals surface area contributed by atoms with Gasteiger partial charge in [-0.3, -0.25) is 0 Å². The van der Waals surface area contributed by atoms with Gasteiger partial charge in [0.25, 0.3) is 0 Å². The zero-order valence-corrected chi connectivity index (χ0v) is 8.87.